The molecular weight excluding hydrogens is 166 g/mol. The van der Waals surface area contributed by atoms with Crippen molar-refractivity contribution in [2.45, 2.75) is 31.3 Å². The average Bonchev–Trinajstić information content (AvgIpc) is 2.74. The van der Waals surface area contributed by atoms with Crippen LogP contribution in [0, 0.1) is 0 Å². The van der Waals surface area contributed by atoms with Crippen molar-refractivity contribution >= 4 is 5.91 Å². The maximum atomic E-state index is 11.6. The molecule has 0 aromatic heterocycles. The van der Waals surface area contributed by atoms with Crippen molar-refractivity contribution in [1.82, 2.24) is 16.0 Å². The summed E-state index contributed by atoms with van der Waals surface area (Å²) in [7, 11) is 0. The molecule has 4 heteroatoms. The van der Waals surface area contributed by atoms with E-state index in [4.69, 9.17) is 0 Å². The highest BCUT2D eigenvalue weighted by Crippen LogP contribution is 2.06. The van der Waals surface area contributed by atoms with Gasteiger partial charge in [0.2, 0.25) is 5.91 Å². The van der Waals surface area contributed by atoms with E-state index in [-0.39, 0.29) is 11.9 Å². The Morgan fingerprint density at radius 2 is 2.23 bits per heavy atom. The molecule has 3 N–H and O–H groups in total. The van der Waals surface area contributed by atoms with Gasteiger partial charge in [0.15, 0.2) is 0 Å². The number of nitrogens with one attached hydrogen (secondary N) is 3. The molecule has 0 aromatic carbocycles. The molecule has 1 unspecified atom stereocenters. The van der Waals surface area contributed by atoms with Gasteiger partial charge in [-0.3, -0.25) is 4.79 Å². The minimum atomic E-state index is 0.0700. The van der Waals surface area contributed by atoms with Gasteiger partial charge in [0.25, 0.3) is 0 Å². The first-order valence-corrected chi connectivity index (χ1v) is 5.11. The van der Waals surface area contributed by atoms with Crippen LogP contribution in [0.4, 0.5) is 0 Å². The van der Waals surface area contributed by atoms with Crippen LogP contribution in [0.5, 0.6) is 0 Å². The van der Waals surface area contributed by atoms with E-state index in [1.807, 2.05) is 0 Å². The zero-order valence-corrected chi connectivity index (χ0v) is 7.81. The maximum Gasteiger partial charge on any atom is 0.237 e. The fourth-order valence-corrected chi connectivity index (χ4v) is 1.99. The predicted molar refractivity (Wildman–Crippen MR) is 50.4 cm³/mol. The van der Waals surface area contributed by atoms with Crippen molar-refractivity contribution in [3.63, 3.8) is 0 Å². The standard InChI is InChI=1S/C9H17N3O/c13-9(8-2-1-4-11-8)12-7-3-5-10-6-7/h7-8,10-11H,1-6H2,(H,12,13)/t7?,8-/m0/s1. The van der Waals surface area contributed by atoms with Crippen LogP contribution in [0.3, 0.4) is 0 Å². The van der Waals surface area contributed by atoms with Gasteiger partial charge < -0.3 is 16.0 Å². The Morgan fingerprint density at radius 1 is 1.31 bits per heavy atom. The summed E-state index contributed by atoms with van der Waals surface area (Å²) in [5.41, 5.74) is 0. The highest BCUT2D eigenvalue weighted by atomic mass is 16.2. The number of amides is 1. The molecule has 2 aliphatic rings. The van der Waals surface area contributed by atoms with Gasteiger partial charge >= 0.3 is 0 Å². The zero-order chi connectivity index (χ0) is 9.10. The Bertz CT molecular complexity index is 183. The summed E-state index contributed by atoms with van der Waals surface area (Å²) < 4.78 is 0. The molecule has 2 rings (SSSR count). The minimum absolute atomic E-state index is 0.0700. The molecule has 2 saturated heterocycles. The van der Waals surface area contributed by atoms with E-state index in [1.54, 1.807) is 0 Å². The SMILES string of the molecule is O=C(NC1CCNC1)[C@@H]1CCCN1. The van der Waals surface area contributed by atoms with E-state index >= 15 is 0 Å². The lowest BCUT2D eigenvalue weighted by atomic mass is 10.2. The van der Waals surface area contributed by atoms with Gasteiger partial charge in [-0.15, -0.1) is 0 Å². The second-order valence-electron chi connectivity index (χ2n) is 3.85. The fraction of sp³-hybridized carbons (Fsp3) is 0.889. The molecule has 2 atom stereocenters. The van der Waals surface area contributed by atoms with Crippen LogP contribution in [0.15, 0.2) is 0 Å². The third kappa shape index (κ3) is 2.19. The summed E-state index contributed by atoms with van der Waals surface area (Å²) >= 11 is 0. The van der Waals surface area contributed by atoms with Crippen LogP contribution >= 0.6 is 0 Å². The van der Waals surface area contributed by atoms with Crippen molar-refractivity contribution in [1.29, 1.82) is 0 Å². The van der Waals surface area contributed by atoms with E-state index in [2.05, 4.69) is 16.0 Å². The lowest BCUT2D eigenvalue weighted by Crippen LogP contribution is -2.45. The van der Waals surface area contributed by atoms with Gasteiger partial charge in [-0.2, -0.15) is 0 Å². The summed E-state index contributed by atoms with van der Waals surface area (Å²) in [6, 6.07) is 0.426. The average molecular weight is 183 g/mol. The third-order valence-electron chi connectivity index (χ3n) is 2.78. The Labute approximate surface area is 78.5 Å². The number of hydrogen-bond donors (Lipinski definition) is 3. The molecular formula is C9H17N3O. The van der Waals surface area contributed by atoms with E-state index in [0.29, 0.717) is 6.04 Å². The maximum absolute atomic E-state index is 11.6. The first kappa shape index (κ1) is 8.97. The molecule has 0 spiro atoms. The number of carbonyl (C=O) groups is 1. The Kier molecular flexibility index (Phi) is 2.80. The Morgan fingerprint density at radius 3 is 2.85 bits per heavy atom. The first-order chi connectivity index (χ1) is 6.36. The fourth-order valence-electron chi connectivity index (χ4n) is 1.99. The predicted octanol–water partition coefficient (Wildman–Crippen LogP) is -0.783. The lowest BCUT2D eigenvalue weighted by Gasteiger charge is -2.15. The molecule has 4 nitrogen and oxygen atoms in total. The molecule has 0 saturated carbocycles. The minimum Gasteiger partial charge on any atom is -0.351 e. The van der Waals surface area contributed by atoms with Crippen molar-refractivity contribution in [2.75, 3.05) is 19.6 Å². The van der Waals surface area contributed by atoms with Gasteiger partial charge in [0.05, 0.1) is 6.04 Å². The highest BCUT2D eigenvalue weighted by molar-refractivity contribution is 5.82. The van der Waals surface area contributed by atoms with Crippen LogP contribution in [0.25, 0.3) is 0 Å². The van der Waals surface area contributed by atoms with Crippen molar-refractivity contribution in [2.24, 2.45) is 0 Å². The van der Waals surface area contributed by atoms with E-state index in [9.17, 15) is 4.79 Å². The van der Waals surface area contributed by atoms with Crippen molar-refractivity contribution in [3.05, 3.63) is 0 Å². The van der Waals surface area contributed by atoms with Gasteiger partial charge in [0.1, 0.15) is 0 Å². The van der Waals surface area contributed by atoms with Crippen molar-refractivity contribution in [3.8, 4) is 0 Å². The lowest BCUT2D eigenvalue weighted by molar-refractivity contribution is -0.123. The number of rotatable bonds is 2. The monoisotopic (exact) mass is 183 g/mol. The molecule has 2 aliphatic heterocycles. The number of hydrogen-bond acceptors (Lipinski definition) is 3. The summed E-state index contributed by atoms with van der Waals surface area (Å²) in [6.45, 7) is 2.95. The van der Waals surface area contributed by atoms with E-state index < -0.39 is 0 Å². The largest absolute Gasteiger partial charge is 0.351 e. The van der Waals surface area contributed by atoms with Gasteiger partial charge in [-0.1, -0.05) is 0 Å². The molecule has 0 bridgehead atoms. The van der Waals surface area contributed by atoms with Gasteiger partial charge in [-0.05, 0) is 32.4 Å². The summed E-state index contributed by atoms with van der Waals surface area (Å²) in [6.07, 6.45) is 3.19. The van der Waals surface area contributed by atoms with Crippen molar-refractivity contribution < 1.29 is 4.79 Å². The smallest absolute Gasteiger partial charge is 0.237 e. The van der Waals surface area contributed by atoms with Crippen LogP contribution in [-0.4, -0.2) is 37.6 Å². The zero-order valence-electron chi connectivity index (χ0n) is 7.81. The highest BCUT2D eigenvalue weighted by Gasteiger charge is 2.25. The normalized spacial score (nSPS) is 33.5. The second kappa shape index (κ2) is 4.07. The molecule has 0 aliphatic carbocycles. The molecule has 13 heavy (non-hydrogen) atoms. The van der Waals surface area contributed by atoms with Crippen LogP contribution in [-0.2, 0) is 4.79 Å². The molecule has 2 heterocycles. The third-order valence-corrected chi connectivity index (χ3v) is 2.78. The number of carbonyl (C=O) groups excluding carboxylic acids is 1. The van der Waals surface area contributed by atoms with Crippen LogP contribution < -0.4 is 16.0 Å². The summed E-state index contributed by atoms with van der Waals surface area (Å²) in [5, 5.41) is 9.49. The topological polar surface area (TPSA) is 53.2 Å². The van der Waals surface area contributed by atoms with Crippen LogP contribution in [0.2, 0.25) is 0 Å². The van der Waals surface area contributed by atoms with Gasteiger partial charge in [0, 0.05) is 12.6 Å². The quantitative estimate of drug-likeness (QED) is 0.526. The summed E-state index contributed by atoms with van der Waals surface area (Å²) in [4.78, 5) is 11.6. The first-order valence-electron chi connectivity index (χ1n) is 5.11. The Balaban J connectivity index is 1.76. The summed E-state index contributed by atoms with van der Waals surface area (Å²) in [5.74, 6) is 0.186. The van der Waals surface area contributed by atoms with E-state index in [0.717, 1.165) is 38.9 Å². The molecule has 0 radical (unpaired) electrons. The molecule has 74 valence electrons. The molecule has 2 fully saturated rings. The second-order valence-corrected chi connectivity index (χ2v) is 3.85. The van der Waals surface area contributed by atoms with Gasteiger partial charge in [-0.25, -0.2) is 0 Å². The Hall–Kier alpha value is -0.610. The van der Waals surface area contributed by atoms with E-state index in [1.165, 1.54) is 0 Å². The van der Waals surface area contributed by atoms with Crippen LogP contribution in [0.1, 0.15) is 19.3 Å². The molecule has 1 amide bonds. The molecule has 0 aromatic rings.